The molecule has 0 radical (unpaired) electrons. The summed E-state index contributed by atoms with van der Waals surface area (Å²) in [6.45, 7) is -0.617. The van der Waals surface area contributed by atoms with Crippen molar-refractivity contribution in [2.75, 3.05) is 6.61 Å². The van der Waals surface area contributed by atoms with Crippen LogP contribution in [0.15, 0.2) is 59.4 Å². The number of esters is 1. The van der Waals surface area contributed by atoms with Crippen molar-refractivity contribution in [2.45, 2.75) is 13.0 Å². The molecule has 0 unspecified atom stereocenters. The van der Waals surface area contributed by atoms with Crippen molar-refractivity contribution in [2.24, 2.45) is 0 Å². The molecule has 0 fully saturated rings. The van der Waals surface area contributed by atoms with Crippen molar-refractivity contribution in [3.8, 4) is 0 Å². The average Bonchev–Trinajstić information content (AvgIpc) is 2.76. The van der Waals surface area contributed by atoms with E-state index in [1.165, 1.54) is 0 Å². The van der Waals surface area contributed by atoms with Crippen LogP contribution in [0.2, 0.25) is 0 Å². The molecule has 0 atom stereocenters. The normalized spacial score (nSPS) is 10.3. The van der Waals surface area contributed by atoms with Gasteiger partial charge in [-0.15, -0.1) is 5.10 Å². The van der Waals surface area contributed by atoms with Crippen LogP contribution in [0.5, 0.6) is 0 Å². The number of carbonyl (C=O) groups is 3. The van der Waals surface area contributed by atoms with Crippen molar-refractivity contribution >= 4 is 28.7 Å². The molecule has 10 heteroatoms. The molecule has 3 aromatic rings. The number of hydrogen-bond acceptors (Lipinski definition) is 7. The average molecular weight is 395 g/mol. The summed E-state index contributed by atoms with van der Waals surface area (Å²) in [4.78, 5) is 47.5. The summed E-state index contributed by atoms with van der Waals surface area (Å²) >= 11 is 0. The quantitative estimate of drug-likeness (QED) is 0.450. The van der Waals surface area contributed by atoms with Gasteiger partial charge in [0.15, 0.2) is 6.61 Å². The number of ether oxygens (including phenoxy) is 1. The number of rotatable bonds is 6. The fraction of sp³-hybridized carbons (Fsp3) is 0.158. The largest absolute Gasteiger partial charge is 0.455 e. The Morgan fingerprint density at radius 3 is 2.48 bits per heavy atom. The van der Waals surface area contributed by atoms with Gasteiger partial charge in [-0.25, -0.2) is 4.68 Å². The fourth-order valence-electron chi connectivity index (χ4n) is 2.41. The molecule has 0 bridgehead atoms. The van der Waals surface area contributed by atoms with Gasteiger partial charge in [0.1, 0.15) is 5.52 Å². The van der Waals surface area contributed by atoms with Crippen molar-refractivity contribution < 1.29 is 19.1 Å². The number of carbonyl (C=O) groups excluding carboxylic acids is 3. The second-order valence-electron chi connectivity index (χ2n) is 5.91. The number of benzene rings is 2. The molecular weight excluding hydrogens is 378 g/mol. The van der Waals surface area contributed by atoms with E-state index in [0.717, 1.165) is 4.68 Å². The number of fused-ring (bicyclic) bond motifs is 1. The number of hydrogen-bond donors (Lipinski definition) is 2. The van der Waals surface area contributed by atoms with E-state index in [0.29, 0.717) is 16.5 Å². The Morgan fingerprint density at radius 2 is 1.69 bits per heavy atom. The molecule has 10 nitrogen and oxygen atoms in total. The molecule has 2 amide bonds. The highest BCUT2D eigenvalue weighted by Gasteiger charge is 2.11. The van der Waals surface area contributed by atoms with Gasteiger partial charge < -0.3 is 4.74 Å². The zero-order chi connectivity index (χ0) is 20.6. The van der Waals surface area contributed by atoms with Crippen LogP contribution in [-0.4, -0.2) is 39.4 Å². The standard InChI is InChI=1S/C19H17N5O5/c25-16(21-22-18(27)13-6-2-1-3-7-13)12-29-17(26)10-11-24-19(28)14-8-4-5-9-15(14)20-23-24/h1-9H,10-12H2,(H,21,25)(H,22,27). The van der Waals surface area contributed by atoms with Crippen LogP contribution in [0.25, 0.3) is 10.9 Å². The van der Waals surface area contributed by atoms with Crippen molar-refractivity contribution in [3.63, 3.8) is 0 Å². The van der Waals surface area contributed by atoms with E-state index in [9.17, 15) is 19.2 Å². The lowest BCUT2D eigenvalue weighted by atomic mass is 10.2. The Kier molecular flexibility index (Phi) is 6.25. The number of aryl methyl sites for hydroxylation is 1. The van der Waals surface area contributed by atoms with Gasteiger partial charge in [0.2, 0.25) is 0 Å². The van der Waals surface area contributed by atoms with E-state index in [-0.39, 0.29) is 18.5 Å². The van der Waals surface area contributed by atoms with Crippen LogP contribution in [0.1, 0.15) is 16.8 Å². The van der Waals surface area contributed by atoms with Crippen LogP contribution in [0.4, 0.5) is 0 Å². The molecule has 1 aromatic heterocycles. The van der Waals surface area contributed by atoms with Gasteiger partial charge in [0, 0.05) is 5.56 Å². The third-order valence-corrected chi connectivity index (χ3v) is 3.87. The molecule has 0 aliphatic heterocycles. The molecular formula is C19H17N5O5. The van der Waals surface area contributed by atoms with E-state index < -0.39 is 24.4 Å². The van der Waals surface area contributed by atoms with Crippen LogP contribution in [0, 0.1) is 0 Å². The van der Waals surface area contributed by atoms with Crippen LogP contribution in [0.3, 0.4) is 0 Å². The fourth-order valence-corrected chi connectivity index (χ4v) is 2.41. The topological polar surface area (TPSA) is 132 Å². The van der Waals surface area contributed by atoms with Gasteiger partial charge in [0.05, 0.1) is 18.4 Å². The van der Waals surface area contributed by atoms with Crippen molar-refractivity contribution in [1.29, 1.82) is 0 Å². The van der Waals surface area contributed by atoms with Crippen LogP contribution in [-0.2, 0) is 20.9 Å². The van der Waals surface area contributed by atoms with Crippen LogP contribution < -0.4 is 16.4 Å². The van der Waals surface area contributed by atoms with E-state index >= 15 is 0 Å². The Hall–Kier alpha value is -4.08. The van der Waals surface area contributed by atoms with E-state index in [1.54, 1.807) is 54.6 Å². The molecule has 3 rings (SSSR count). The monoisotopic (exact) mass is 395 g/mol. The first-order valence-electron chi connectivity index (χ1n) is 8.67. The number of aromatic nitrogens is 3. The Bertz CT molecular complexity index is 1100. The third kappa shape index (κ3) is 5.22. The highest BCUT2D eigenvalue weighted by molar-refractivity contribution is 5.95. The second-order valence-corrected chi connectivity index (χ2v) is 5.91. The molecule has 2 N–H and O–H groups in total. The maximum absolute atomic E-state index is 12.3. The predicted octanol–water partition coefficient (Wildman–Crippen LogP) is 0.186. The minimum Gasteiger partial charge on any atom is -0.455 e. The van der Waals surface area contributed by atoms with Gasteiger partial charge in [-0.2, -0.15) is 0 Å². The molecule has 148 valence electrons. The second kappa shape index (κ2) is 9.22. The van der Waals surface area contributed by atoms with Gasteiger partial charge in [-0.3, -0.25) is 30.0 Å². The summed E-state index contributed by atoms with van der Waals surface area (Å²) < 4.78 is 5.88. The first-order chi connectivity index (χ1) is 14.0. The first-order valence-corrected chi connectivity index (χ1v) is 8.67. The number of hydrazine groups is 1. The highest BCUT2D eigenvalue weighted by Crippen LogP contribution is 2.03. The number of nitrogens with one attached hydrogen (secondary N) is 2. The van der Waals surface area contributed by atoms with Gasteiger partial charge in [-0.05, 0) is 24.3 Å². The smallest absolute Gasteiger partial charge is 0.308 e. The van der Waals surface area contributed by atoms with Gasteiger partial charge >= 0.3 is 5.97 Å². The van der Waals surface area contributed by atoms with E-state index in [2.05, 4.69) is 21.2 Å². The van der Waals surface area contributed by atoms with E-state index in [1.807, 2.05) is 0 Å². The maximum Gasteiger partial charge on any atom is 0.308 e. The maximum atomic E-state index is 12.3. The van der Waals surface area contributed by atoms with Crippen molar-refractivity contribution in [3.05, 3.63) is 70.5 Å². The van der Waals surface area contributed by atoms with Crippen LogP contribution >= 0.6 is 0 Å². The number of nitrogens with zero attached hydrogens (tertiary/aromatic N) is 3. The molecule has 2 aromatic carbocycles. The molecule has 0 aliphatic carbocycles. The zero-order valence-corrected chi connectivity index (χ0v) is 15.2. The predicted molar refractivity (Wildman–Crippen MR) is 101 cm³/mol. The molecule has 0 aliphatic rings. The third-order valence-electron chi connectivity index (χ3n) is 3.87. The summed E-state index contributed by atoms with van der Waals surface area (Å²) in [6, 6.07) is 15.0. The summed E-state index contributed by atoms with van der Waals surface area (Å²) in [5.74, 6) is -1.90. The zero-order valence-electron chi connectivity index (χ0n) is 15.2. The Morgan fingerprint density at radius 1 is 0.966 bits per heavy atom. The lowest BCUT2D eigenvalue weighted by molar-refractivity contribution is -0.149. The van der Waals surface area contributed by atoms with E-state index in [4.69, 9.17) is 4.74 Å². The molecule has 1 heterocycles. The number of amides is 2. The molecule has 29 heavy (non-hydrogen) atoms. The minimum atomic E-state index is -0.703. The van der Waals surface area contributed by atoms with Gasteiger partial charge in [-0.1, -0.05) is 35.5 Å². The lowest BCUT2D eigenvalue weighted by Crippen LogP contribution is -2.43. The Labute approximate surface area is 164 Å². The molecule has 0 spiro atoms. The summed E-state index contributed by atoms with van der Waals surface area (Å²) in [6.07, 6.45) is -0.170. The first kappa shape index (κ1) is 19.7. The van der Waals surface area contributed by atoms with Crippen molar-refractivity contribution in [1.82, 2.24) is 25.8 Å². The molecule has 0 saturated heterocycles. The van der Waals surface area contributed by atoms with Gasteiger partial charge in [0.25, 0.3) is 17.4 Å². The Balaban J connectivity index is 1.43. The highest BCUT2D eigenvalue weighted by atomic mass is 16.5. The SMILES string of the molecule is O=C(COC(=O)CCn1nnc2ccccc2c1=O)NNC(=O)c1ccccc1. The summed E-state index contributed by atoms with van der Waals surface area (Å²) in [5, 5.41) is 8.08. The lowest BCUT2D eigenvalue weighted by Gasteiger charge is -2.08. The summed E-state index contributed by atoms with van der Waals surface area (Å²) in [7, 11) is 0. The summed E-state index contributed by atoms with van der Waals surface area (Å²) in [5.41, 5.74) is 4.82. The minimum absolute atomic E-state index is 0.0398. The molecule has 0 saturated carbocycles.